The molecule has 0 amide bonds. The van der Waals surface area contributed by atoms with Crippen molar-refractivity contribution in [3.63, 3.8) is 0 Å². The molecule has 0 N–H and O–H groups in total. The maximum absolute atomic E-state index is 14.5. The third-order valence-electron chi connectivity index (χ3n) is 18.1. The molecule has 12 rings (SSSR count). The molecule has 0 nitrogen and oxygen atoms in total. The molecular formula is C68H66F6. The quantitative estimate of drug-likeness (QED) is 0.105. The van der Waals surface area contributed by atoms with Crippen LogP contribution < -0.4 is 0 Å². The average Bonchev–Trinajstić information content (AvgIpc) is 3.46. The van der Waals surface area contributed by atoms with Crippen molar-refractivity contribution in [1.82, 2.24) is 0 Å². The first kappa shape index (κ1) is 49.0. The molecule has 0 aliphatic heterocycles. The van der Waals surface area contributed by atoms with Gasteiger partial charge in [-0.15, -0.1) is 0 Å². The van der Waals surface area contributed by atoms with E-state index in [-0.39, 0.29) is 5.92 Å². The van der Waals surface area contributed by atoms with Crippen LogP contribution in [-0.4, -0.2) is 0 Å². The highest BCUT2D eigenvalue weighted by Crippen LogP contribution is 2.54. The molecule has 0 heterocycles. The van der Waals surface area contributed by atoms with Gasteiger partial charge in [0.15, 0.2) is 0 Å². The van der Waals surface area contributed by atoms with Crippen LogP contribution >= 0.6 is 0 Å². The van der Waals surface area contributed by atoms with Gasteiger partial charge in [0.25, 0.3) is 0 Å². The zero-order chi connectivity index (χ0) is 50.6. The molecule has 4 saturated carbocycles. The van der Waals surface area contributed by atoms with Gasteiger partial charge in [0, 0.05) is 0 Å². The summed E-state index contributed by atoms with van der Waals surface area (Å²) in [5.41, 5.74) is 10.8. The van der Waals surface area contributed by atoms with Crippen molar-refractivity contribution >= 4 is 32.3 Å². The molecule has 0 saturated heterocycles. The lowest BCUT2D eigenvalue weighted by Crippen LogP contribution is -2.07. The van der Waals surface area contributed by atoms with Gasteiger partial charge in [0.05, 0.1) is 11.1 Å². The molecule has 4 fully saturated rings. The van der Waals surface area contributed by atoms with Crippen LogP contribution in [0.15, 0.2) is 133 Å². The standard InChI is InChI=1S/C68H66F6/c69-67(70,71)56-34-29-51(30-35-56)63-61-42-55-39-53(45-17-9-3-10-18-45)33-38-58(55)62(50-27-23-48(24-28-50)44-15-7-2-8-16-44)66(61)64(52-31-36-57(37-32-52)68(72,73)74)60-41-54(46-19-11-4-12-20-46)40-59(65(60)63)49-25-21-47(22-26-49)43-13-5-1-6-14-43/h21-46H,1-20H2. The number of alkyl halides is 6. The second kappa shape index (κ2) is 20.3. The second-order valence-corrected chi connectivity index (χ2v) is 22.6. The van der Waals surface area contributed by atoms with Gasteiger partial charge in [0.2, 0.25) is 0 Å². The van der Waals surface area contributed by atoms with E-state index in [4.69, 9.17) is 0 Å². The van der Waals surface area contributed by atoms with Crippen LogP contribution in [0.4, 0.5) is 26.3 Å². The highest BCUT2D eigenvalue weighted by atomic mass is 19.4. The van der Waals surface area contributed by atoms with Crippen LogP contribution in [0.5, 0.6) is 0 Å². The van der Waals surface area contributed by atoms with Crippen molar-refractivity contribution in [2.24, 2.45) is 0 Å². The fraction of sp³-hybridized carbons (Fsp3) is 0.382. The minimum absolute atomic E-state index is 0.278. The van der Waals surface area contributed by atoms with Crippen molar-refractivity contribution < 1.29 is 26.3 Å². The van der Waals surface area contributed by atoms with Crippen LogP contribution in [0.2, 0.25) is 0 Å². The third kappa shape index (κ3) is 9.58. The first-order valence-electron chi connectivity index (χ1n) is 28.1. The Hall–Kier alpha value is -5.88. The molecule has 0 radical (unpaired) electrons. The number of hydrogen-bond acceptors (Lipinski definition) is 0. The first-order chi connectivity index (χ1) is 36.0. The molecule has 74 heavy (non-hydrogen) atoms. The van der Waals surface area contributed by atoms with Crippen LogP contribution in [0.1, 0.15) is 185 Å². The van der Waals surface area contributed by atoms with E-state index in [1.54, 1.807) is 24.3 Å². The molecule has 6 heteroatoms. The maximum atomic E-state index is 14.5. The lowest BCUT2D eigenvalue weighted by atomic mass is 9.76. The number of fused-ring (bicyclic) bond motifs is 3. The van der Waals surface area contributed by atoms with Gasteiger partial charge < -0.3 is 0 Å². The van der Waals surface area contributed by atoms with Gasteiger partial charge >= 0.3 is 12.4 Å². The van der Waals surface area contributed by atoms with Crippen molar-refractivity contribution in [3.05, 3.63) is 167 Å². The summed E-state index contributed by atoms with van der Waals surface area (Å²) in [7, 11) is 0. The van der Waals surface area contributed by atoms with E-state index >= 15 is 0 Å². The van der Waals surface area contributed by atoms with E-state index < -0.39 is 23.5 Å². The monoisotopic (exact) mass is 997 g/mol. The maximum Gasteiger partial charge on any atom is 0.416 e. The van der Waals surface area contributed by atoms with Gasteiger partial charge in [-0.3, -0.25) is 0 Å². The topological polar surface area (TPSA) is 0 Å². The summed E-state index contributed by atoms with van der Waals surface area (Å²) in [5.74, 6) is 1.70. The lowest BCUT2D eigenvalue weighted by molar-refractivity contribution is -0.138. The summed E-state index contributed by atoms with van der Waals surface area (Å²) in [5, 5.41) is 5.68. The predicted octanol–water partition coefficient (Wildman–Crippen LogP) is 22.0. The molecular weight excluding hydrogens is 931 g/mol. The molecule has 4 aliphatic rings. The van der Waals surface area contributed by atoms with Crippen molar-refractivity contribution in [2.45, 2.75) is 164 Å². The highest BCUT2D eigenvalue weighted by Gasteiger charge is 2.33. The third-order valence-corrected chi connectivity index (χ3v) is 18.1. The minimum Gasteiger partial charge on any atom is -0.166 e. The minimum atomic E-state index is -4.53. The second-order valence-electron chi connectivity index (χ2n) is 22.6. The van der Waals surface area contributed by atoms with Crippen molar-refractivity contribution in [1.29, 1.82) is 0 Å². The smallest absolute Gasteiger partial charge is 0.166 e. The predicted molar refractivity (Wildman–Crippen MR) is 294 cm³/mol. The Morgan fingerprint density at radius 2 is 0.635 bits per heavy atom. The fourth-order valence-corrected chi connectivity index (χ4v) is 14.2. The number of rotatable bonds is 8. The summed E-state index contributed by atoms with van der Waals surface area (Å²) in [6, 6.07) is 43.4. The van der Waals surface area contributed by atoms with Crippen molar-refractivity contribution in [3.8, 4) is 44.5 Å². The Labute approximate surface area is 432 Å². The van der Waals surface area contributed by atoms with Crippen LogP contribution in [0.25, 0.3) is 76.8 Å². The van der Waals surface area contributed by atoms with E-state index in [0.29, 0.717) is 28.9 Å². The Kier molecular flexibility index (Phi) is 13.5. The van der Waals surface area contributed by atoms with Crippen LogP contribution in [-0.2, 0) is 12.4 Å². The van der Waals surface area contributed by atoms with Crippen LogP contribution in [0, 0.1) is 0 Å². The molecule has 0 atom stereocenters. The summed E-state index contributed by atoms with van der Waals surface area (Å²) in [6.45, 7) is 0. The number of benzene rings is 8. The van der Waals surface area contributed by atoms with Crippen LogP contribution in [0.3, 0.4) is 0 Å². The molecule has 4 aliphatic carbocycles. The van der Waals surface area contributed by atoms with E-state index in [2.05, 4.69) is 84.9 Å². The zero-order valence-electron chi connectivity index (χ0n) is 42.4. The van der Waals surface area contributed by atoms with Gasteiger partial charge in [-0.25, -0.2) is 0 Å². The Balaban J connectivity index is 1.24. The Morgan fingerprint density at radius 1 is 0.284 bits per heavy atom. The number of hydrogen-bond donors (Lipinski definition) is 0. The molecule has 0 aromatic heterocycles. The Morgan fingerprint density at radius 3 is 1.08 bits per heavy atom. The van der Waals surface area contributed by atoms with E-state index in [1.807, 2.05) is 0 Å². The molecule has 0 bridgehead atoms. The summed E-state index contributed by atoms with van der Waals surface area (Å²) in [6.07, 6.45) is 14.3. The summed E-state index contributed by atoms with van der Waals surface area (Å²) < 4.78 is 87.2. The van der Waals surface area contributed by atoms with Crippen molar-refractivity contribution in [2.75, 3.05) is 0 Å². The van der Waals surface area contributed by atoms with Gasteiger partial charge in [-0.2, -0.15) is 26.3 Å². The first-order valence-corrected chi connectivity index (χ1v) is 28.1. The molecule has 8 aromatic rings. The number of halogens is 6. The van der Waals surface area contributed by atoms with E-state index in [0.717, 1.165) is 117 Å². The largest absolute Gasteiger partial charge is 0.416 e. The normalized spacial score (nSPS) is 18.2. The fourth-order valence-electron chi connectivity index (χ4n) is 14.2. The summed E-state index contributed by atoms with van der Waals surface area (Å²) >= 11 is 0. The van der Waals surface area contributed by atoms with Gasteiger partial charge in [0.1, 0.15) is 0 Å². The molecule has 0 unspecified atom stereocenters. The molecule has 8 aromatic carbocycles. The van der Waals surface area contributed by atoms with E-state index in [9.17, 15) is 26.3 Å². The molecule has 380 valence electrons. The van der Waals surface area contributed by atoms with Gasteiger partial charge in [-0.05, 0) is 204 Å². The molecule has 0 spiro atoms. The Bertz CT molecular complexity index is 3280. The summed E-state index contributed by atoms with van der Waals surface area (Å²) in [4.78, 5) is 0. The lowest BCUT2D eigenvalue weighted by Gasteiger charge is -2.28. The SMILES string of the molecule is FC(F)(F)c1ccc(-c2c3cc4cc(C5CCCCC5)ccc4c(-c4ccc(C5CCCCC5)cc4)c3c(-c3ccc(C(F)(F)F)cc3)c3cc(C4CCCCC4)cc(-c4ccc(C5CCCCC5)cc4)c23)cc1. The zero-order valence-corrected chi connectivity index (χ0v) is 42.4. The van der Waals surface area contributed by atoms with Gasteiger partial charge in [-0.1, -0.05) is 180 Å². The highest BCUT2D eigenvalue weighted by molar-refractivity contribution is 6.31. The average molecular weight is 997 g/mol. The van der Waals surface area contributed by atoms with E-state index in [1.165, 1.54) is 124 Å².